The quantitative estimate of drug-likeness (QED) is 0.566. The minimum Gasteiger partial charge on any atom is -0.444 e. The fourth-order valence-corrected chi connectivity index (χ4v) is 2.81. The summed E-state index contributed by atoms with van der Waals surface area (Å²) in [5.41, 5.74) is 7.10. The number of allylic oxidation sites excluding steroid dienone is 1. The Kier molecular flexibility index (Phi) is 8.50. The molecule has 3 N–H and O–H groups in total. The SMILES string of the molecule is CC(C)(C)OC(=O)NCCN(Cc1ccc(/C=C\C(F)(F)F)cc1)C(=O)c1ccc(N)cc1. The zero-order valence-electron chi connectivity index (χ0n) is 18.8. The monoisotopic (exact) mass is 463 g/mol. The van der Waals surface area contributed by atoms with Gasteiger partial charge in [-0.25, -0.2) is 4.79 Å². The molecule has 0 atom stereocenters. The lowest BCUT2D eigenvalue weighted by molar-refractivity contribution is -0.0790. The molecule has 9 heteroatoms. The van der Waals surface area contributed by atoms with Crippen LogP contribution in [-0.4, -0.2) is 41.8 Å². The first-order chi connectivity index (χ1) is 15.3. The van der Waals surface area contributed by atoms with Gasteiger partial charge in [0, 0.05) is 37.0 Å². The molecule has 33 heavy (non-hydrogen) atoms. The van der Waals surface area contributed by atoms with Crippen LogP contribution < -0.4 is 11.1 Å². The first kappa shape index (κ1) is 25.8. The molecule has 0 saturated heterocycles. The van der Waals surface area contributed by atoms with Crippen molar-refractivity contribution < 1.29 is 27.5 Å². The minimum absolute atomic E-state index is 0.155. The fraction of sp³-hybridized carbons (Fsp3) is 0.333. The van der Waals surface area contributed by atoms with Gasteiger partial charge in [-0.2, -0.15) is 13.2 Å². The highest BCUT2D eigenvalue weighted by molar-refractivity contribution is 5.94. The molecule has 2 aromatic carbocycles. The van der Waals surface area contributed by atoms with Crippen molar-refractivity contribution in [3.63, 3.8) is 0 Å². The van der Waals surface area contributed by atoms with E-state index in [0.29, 0.717) is 16.8 Å². The number of benzene rings is 2. The van der Waals surface area contributed by atoms with E-state index in [-0.39, 0.29) is 31.6 Å². The number of carbonyl (C=O) groups is 2. The molecule has 0 aliphatic heterocycles. The van der Waals surface area contributed by atoms with Gasteiger partial charge in [-0.3, -0.25) is 4.79 Å². The molecule has 0 aromatic heterocycles. The number of carbonyl (C=O) groups excluding carboxylic acids is 2. The maximum absolute atomic E-state index is 13.0. The van der Waals surface area contributed by atoms with Gasteiger partial charge in [0.15, 0.2) is 0 Å². The number of anilines is 1. The first-order valence-electron chi connectivity index (χ1n) is 10.3. The summed E-state index contributed by atoms with van der Waals surface area (Å²) in [7, 11) is 0. The zero-order chi connectivity index (χ0) is 24.6. The molecule has 178 valence electrons. The molecule has 0 bridgehead atoms. The number of alkyl halides is 3. The molecule has 0 heterocycles. The van der Waals surface area contributed by atoms with Gasteiger partial charge < -0.3 is 20.7 Å². The minimum atomic E-state index is -4.39. The normalized spacial score (nSPS) is 11.9. The van der Waals surface area contributed by atoms with Crippen LogP contribution in [0.3, 0.4) is 0 Å². The second kappa shape index (κ2) is 10.9. The predicted octanol–water partition coefficient (Wildman–Crippen LogP) is 5.01. The number of nitrogens with zero attached hydrogens (tertiary/aromatic N) is 1. The maximum Gasteiger partial charge on any atom is 0.409 e. The van der Waals surface area contributed by atoms with Crippen molar-refractivity contribution >= 4 is 23.8 Å². The number of halogens is 3. The molecular weight excluding hydrogens is 435 g/mol. The number of ether oxygens (including phenoxy) is 1. The van der Waals surface area contributed by atoms with Crippen molar-refractivity contribution in [3.8, 4) is 0 Å². The van der Waals surface area contributed by atoms with Gasteiger partial charge >= 0.3 is 12.3 Å². The number of nitrogens with one attached hydrogen (secondary N) is 1. The summed E-state index contributed by atoms with van der Waals surface area (Å²) in [5.74, 6) is -0.276. The van der Waals surface area contributed by atoms with Crippen LogP contribution in [0.25, 0.3) is 6.08 Å². The molecule has 0 radical (unpaired) electrons. The van der Waals surface area contributed by atoms with E-state index in [1.54, 1.807) is 69.3 Å². The lowest BCUT2D eigenvalue weighted by Crippen LogP contribution is -2.40. The molecule has 0 unspecified atom stereocenters. The third kappa shape index (κ3) is 9.67. The Morgan fingerprint density at radius 1 is 1.03 bits per heavy atom. The lowest BCUT2D eigenvalue weighted by Gasteiger charge is -2.24. The Labute approximate surface area is 191 Å². The highest BCUT2D eigenvalue weighted by Gasteiger charge is 2.22. The fourth-order valence-electron chi connectivity index (χ4n) is 2.81. The average molecular weight is 464 g/mol. The van der Waals surface area contributed by atoms with Crippen LogP contribution in [0.5, 0.6) is 0 Å². The van der Waals surface area contributed by atoms with Crippen LogP contribution in [-0.2, 0) is 11.3 Å². The van der Waals surface area contributed by atoms with Gasteiger partial charge in [0.25, 0.3) is 5.91 Å². The highest BCUT2D eigenvalue weighted by Crippen LogP contribution is 2.19. The lowest BCUT2D eigenvalue weighted by atomic mass is 10.1. The van der Waals surface area contributed by atoms with Crippen molar-refractivity contribution in [1.29, 1.82) is 0 Å². The third-order valence-electron chi connectivity index (χ3n) is 4.31. The van der Waals surface area contributed by atoms with E-state index < -0.39 is 17.9 Å². The number of nitrogen functional groups attached to an aromatic ring is 1. The van der Waals surface area contributed by atoms with Crippen LogP contribution in [0.4, 0.5) is 23.7 Å². The second-order valence-corrected chi connectivity index (χ2v) is 8.39. The van der Waals surface area contributed by atoms with Crippen molar-refractivity contribution in [1.82, 2.24) is 10.2 Å². The number of rotatable bonds is 7. The van der Waals surface area contributed by atoms with Gasteiger partial charge in [0.2, 0.25) is 0 Å². The Bertz CT molecular complexity index is 964. The zero-order valence-corrected chi connectivity index (χ0v) is 18.8. The summed E-state index contributed by atoms with van der Waals surface area (Å²) in [4.78, 5) is 26.5. The Balaban J connectivity index is 2.11. The van der Waals surface area contributed by atoms with E-state index in [1.807, 2.05) is 0 Å². The van der Waals surface area contributed by atoms with Gasteiger partial charge in [-0.15, -0.1) is 0 Å². The maximum atomic E-state index is 13.0. The Hall–Kier alpha value is -3.49. The van der Waals surface area contributed by atoms with Crippen LogP contribution >= 0.6 is 0 Å². The molecular formula is C24H28F3N3O3. The molecule has 2 aromatic rings. The molecule has 6 nitrogen and oxygen atoms in total. The smallest absolute Gasteiger partial charge is 0.409 e. The third-order valence-corrected chi connectivity index (χ3v) is 4.31. The second-order valence-electron chi connectivity index (χ2n) is 8.39. The van der Waals surface area contributed by atoms with Crippen LogP contribution in [0.1, 0.15) is 42.3 Å². The largest absolute Gasteiger partial charge is 0.444 e. The van der Waals surface area contributed by atoms with E-state index in [0.717, 1.165) is 11.6 Å². The number of alkyl carbamates (subject to hydrolysis) is 1. The summed E-state index contributed by atoms with van der Waals surface area (Å²) in [6, 6.07) is 12.8. The van der Waals surface area contributed by atoms with E-state index in [4.69, 9.17) is 10.5 Å². The Morgan fingerprint density at radius 3 is 2.18 bits per heavy atom. The number of hydrogen-bond donors (Lipinski definition) is 2. The van der Waals surface area contributed by atoms with E-state index in [9.17, 15) is 22.8 Å². The molecule has 0 aliphatic rings. The van der Waals surface area contributed by atoms with Gasteiger partial charge in [-0.1, -0.05) is 30.3 Å². The van der Waals surface area contributed by atoms with Crippen molar-refractivity contribution in [2.45, 2.75) is 39.1 Å². The molecule has 2 rings (SSSR count). The van der Waals surface area contributed by atoms with E-state index in [1.165, 1.54) is 4.90 Å². The van der Waals surface area contributed by atoms with Crippen LogP contribution in [0.15, 0.2) is 54.6 Å². The van der Waals surface area contributed by atoms with Crippen molar-refractivity contribution in [2.75, 3.05) is 18.8 Å². The molecule has 0 fully saturated rings. The summed E-state index contributed by atoms with van der Waals surface area (Å²) in [6.45, 7) is 5.79. The number of nitrogens with two attached hydrogens (primary N) is 1. The molecule has 2 amide bonds. The molecule has 0 spiro atoms. The highest BCUT2D eigenvalue weighted by atomic mass is 19.4. The summed E-state index contributed by atoms with van der Waals surface area (Å²) >= 11 is 0. The van der Waals surface area contributed by atoms with Gasteiger partial charge in [0.05, 0.1) is 0 Å². The van der Waals surface area contributed by atoms with Crippen molar-refractivity contribution in [3.05, 3.63) is 71.3 Å². The van der Waals surface area contributed by atoms with Crippen molar-refractivity contribution in [2.24, 2.45) is 0 Å². The molecule has 0 saturated carbocycles. The van der Waals surface area contributed by atoms with E-state index in [2.05, 4.69) is 5.32 Å². The van der Waals surface area contributed by atoms with Crippen LogP contribution in [0.2, 0.25) is 0 Å². The standard InChI is InChI=1S/C24H28F3N3O3/c1-23(2,3)33-22(32)29-14-15-30(21(31)19-8-10-20(28)11-9-19)16-18-6-4-17(5-7-18)12-13-24(25,26)27/h4-13H,14-16,28H2,1-3H3,(H,29,32)/b13-12-. The first-order valence-corrected chi connectivity index (χ1v) is 10.3. The summed E-state index contributed by atoms with van der Waals surface area (Å²) in [6.07, 6.45) is -3.84. The van der Waals surface area contributed by atoms with Gasteiger partial charge in [-0.05, 0) is 56.2 Å². The number of amides is 2. The Morgan fingerprint density at radius 2 is 1.64 bits per heavy atom. The van der Waals surface area contributed by atoms with Gasteiger partial charge in [0.1, 0.15) is 5.60 Å². The topological polar surface area (TPSA) is 84.7 Å². The van der Waals surface area contributed by atoms with E-state index >= 15 is 0 Å². The number of hydrogen-bond acceptors (Lipinski definition) is 4. The average Bonchev–Trinajstić information content (AvgIpc) is 2.70. The molecule has 0 aliphatic carbocycles. The summed E-state index contributed by atoms with van der Waals surface area (Å²) in [5, 5.41) is 2.62. The van der Waals surface area contributed by atoms with Crippen LogP contribution in [0, 0.1) is 0 Å². The summed E-state index contributed by atoms with van der Waals surface area (Å²) < 4.78 is 42.3. The predicted molar refractivity (Wildman–Crippen MR) is 121 cm³/mol.